The van der Waals surface area contributed by atoms with Crippen LogP contribution in [0.1, 0.15) is 49.5 Å². The second-order valence-corrected chi connectivity index (χ2v) is 5.79. The molecule has 1 aromatic rings. The van der Waals surface area contributed by atoms with Crippen LogP contribution in [-0.4, -0.2) is 19.0 Å². The van der Waals surface area contributed by atoms with Crippen molar-refractivity contribution in [3.63, 3.8) is 0 Å². The maximum atomic E-state index is 12.0. The van der Waals surface area contributed by atoms with E-state index in [1.807, 2.05) is 24.3 Å². The predicted octanol–water partition coefficient (Wildman–Crippen LogP) is 2.74. The highest BCUT2D eigenvalue weighted by molar-refractivity contribution is 5.94. The number of hydrogen-bond acceptors (Lipinski definition) is 2. The molecule has 0 fully saturated rings. The summed E-state index contributed by atoms with van der Waals surface area (Å²) < 4.78 is 0. The van der Waals surface area contributed by atoms with Crippen molar-refractivity contribution >= 4 is 5.91 Å². The maximum Gasteiger partial charge on any atom is 0.251 e. The fraction of sp³-hybridized carbons (Fsp3) is 0.562. The van der Waals surface area contributed by atoms with Crippen LogP contribution in [-0.2, 0) is 6.42 Å². The van der Waals surface area contributed by atoms with Crippen molar-refractivity contribution in [2.45, 2.75) is 40.0 Å². The van der Waals surface area contributed by atoms with Gasteiger partial charge >= 0.3 is 0 Å². The van der Waals surface area contributed by atoms with Crippen LogP contribution in [0.2, 0.25) is 0 Å². The normalized spacial score (nSPS) is 11.4. The summed E-state index contributed by atoms with van der Waals surface area (Å²) >= 11 is 0. The molecule has 0 aliphatic heterocycles. The Labute approximate surface area is 116 Å². The molecule has 0 aliphatic rings. The van der Waals surface area contributed by atoms with Crippen LogP contribution in [0.25, 0.3) is 0 Å². The van der Waals surface area contributed by atoms with Crippen molar-refractivity contribution in [2.75, 3.05) is 13.1 Å². The zero-order valence-electron chi connectivity index (χ0n) is 12.3. The minimum atomic E-state index is 0.00322. The third-order valence-corrected chi connectivity index (χ3v) is 3.41. The van der Waals surface area contributed by atoms with Crippen LogP contribution in [0.4, 0.5) is 0 Å². The van der Waals surface area contributed by atoms with E-state index in [0.29, 0.717) is 13.1 Å². The topological polar surface area (TPSA) is 55.1 Å². The Bertz CT molecular complexity index is 396. The molecule has 0 saturated heterocycles. The van der Waals surface area contributed by atoms with Crippen molar-refractivity contribution in [1.29, 1.82) is 0 Å². The Morgan fingerprint density at radius 3 is 2.42 bits per heavy atom. The molecule has 3 N–H and O–H groups in total. The molecule has 3 nitrogen and oxygen atoms in total. The van der Waals surface area contributed by atoms with E-state index in [0.717, 1.165) is 24.8 Å². The fourth-order valence-electron chi connectivity index (χ4n) is 1.98. The summed E-state index contributed by atoms with van der Waals surface area (Å²) in [6.45, 7) is 7.80. The molecule has 3 heteroatoms. The Kier molecular flexibility index (Phi) is 6.03. The second kappa shape index (κ2) is 7.29. The van der Waals surface area contributed by atoms with Crippen LogP contribution in [0.3, 0.4) is 0 Å². The van der Waals surface area contributed by atoms with Gasteiger partial charge in [0.15, 0.2) is 0 Å². The lowest BCUT2D eigenvalue weighted by molar-refractivity contribution is 0.0934. The monoisotopic (exact) mass is 262 g/mol. The highest BCUT2D eigenvalue weighted by Crippen LogP contribution is 2.20. The van der Waals surface area contributed by atoms with Gasteiger partial charge in [0.25, 0.3) is 5.91 Å². The summed E-state index contributed by atoms with van der Waals surface area (Å²) in [5.41, 5.74) is 7.60. The average molecular weight is 262 g/mol. The predicted molar refractivity (Wildman–Crippen MR) is 80.2 cm³/mol. The highest BCUT2D eigenvalue weighted by Gasteiger charge is 2.18. The van der Waals surface area contributed by atoms with E-state index < -0.39 is 0 Å². The molecule has 106 valence electrons. The molecule has 19 heavy (non-hydrogen) atoms. The Balaban J connectivity index is 2.50. The summed E-state index contributed by atoms with van der Waals surface area (Å²) in [5, 5.41) is 3.01. The van der Waals surface area contributed by atoms with Gasteiger partial charge in [0.1, 0.15) is 0 Å². The molecular formula is C16H26N2O. The van der Waals surface area contributed by atoms with Crippen molar-refractivity contribution < 1.29 is 4.79 Å². The molecule has 0 heterocycles. The largest absolute Gasteiger partial charge is 0.352 e. The number of carbonyl (C=O) groups is 1. The Morgan fingerprint density at radius 2 is 1.89 bits per heavy atom. The smallest absolute Gasteiger partial charge is 0.251 e. The molecule has 1 amide bonds. The molecule has 0 saturated carbocycles. The minimum Gasteiger partial charge on any atom is -0.352 e. The van der Waals surface area contributed by atoms with E-state index in [4.69, 9.17) is 5.73 Å². The average Bonchev–Trinajstić information content (AvgIpc) is 2.43. The lowest BCUT2D eigenvalue weighted by Gasteiger charge is -2.24. The first-order chi connectivity index (χ1) is 8.98. The first-order valence-electron chi connectivity index (χ1n) is 7.06. The summed E-state index contributed by atoms with van der Waals surface area (Å²) in [4.78, 5) is 12.0. The minimum absolute atomic E-state index is 0.00322. The van der Waals surface area contributed by atoms with E-state index in [2.05, 4.69) is 26.1 Å². The first-order valence-corrected chi connectivity index (χ1v) is 7.06. The van der Waals surface area contributed by atoms with Crippen LogP contribution >= 0.6 is 0 Å². The van der Waals surface area contributed by atoms with E-state index in [-0.39, 0.29) is 11.3 Å². The van der Waals surface area contributed by atoms with E-state index in [1.54, 1.807) is 0 Å². The number of rotatable bonds is 7. The molecule has 0 spiro atoms. The molecule has 0 radical (unpaired) electrons. The summed E-state index contributed by atoms with van der Waals surface area (Å²) in [5.74, 6) is 0.00322. The first kappa shape index (κ1) is 15.7. The van der Waals surface area contributed by atoms with Gasteiger partial charge in [-0.25, -0.2) is 0 Å². The van der Waals surface area contributed by atoms with Crippen molar-refractivity contribution in [2.24, 2.45) is 11.1 Å². The van der Waals surface area contributed by atoms with Gasteiger partial charge in [0.05, 0.1) is 0 Å². The van der Waals surface area contributed by atoms with E-state index in [9.17, 15) is 4.79 Å². The highest BCUT2D eigenvalue weighted by atomic mass is 16.1. The lowest BCUT2D eigenvalue weighted by Crippen LogP contribution is -2.34. The van der Waals surface area contributed by atoms with Crippen LogP contribution in [0, 0.1) is 5.41 Å². The molecule has 0 bridgehead atoms. The van der Waals surface area contributed by atoms with Crippen molar-refractivity contribution in [3.8, 4) is 0 Å². The van der Waals surface area contributed by atoms with E-state index >= 15 is 0 Å². The zero-order valence-corrected chi connectivity index (χ0v) is 12.3. The van der Waals surface area contributed by atoms with Crippen LogP contribution < -0.4 is 11.1 Å². The molecule has 1 rings (SSSR count). The van der Waals surface area contributed by atoms with Crippen molar-refractivity contribution in [1.82, 2.24) is 5.32 Å². The maximum absolute atomic E-state index is 12.0. The number of nitrogens with one attached hydrogen (secondary N) is 1. The second-order valence-electron chi connectivity index (χ2n) is 5.79. The van der Waals surface area contributed by atoms with Gasteiger partial charge in [-0.2, -0.15) is 0 Å². The molecule has 0 atom stereocenters. The van der Waals surface area contributed by atoms with Gasteiger partial charge in [-0.1, -0.05) is 32.9 Å². The third-order valence-electron chi connectivity index (χ3n) is 3.41. The summed E-state index contributed by atoms with van der Waals surface area (Å²) in [6, 6.07) is 7.80. The molecule has 0 unspecified atom stereocenters. The molecular weight excluding hydrogens is 236 g/mol. The number of hydrogen-bond donors (Lipinski definition) is 2. The quantitative estimate of drug-likeness (QED) is 0.794. The SMILES string of the molecule is CCc1ccc(C(=O)NCC(C)(C)CCCN)cc1. The third kappa shape index (κ3) is 5.43. The number of aryl methyl sites for hydroxylation is 1. The van der Waals surface area contributed by atoms with Crippen molar-refractivity contribution in [3.05, 3.63) is 35.4 Å². The van der Waals surface area contributed by atoms with E-state index in [1.165, 1.54) is 5.56 Å². The summed E-state index contributed by atoms with van der Waals surface area (Å²) in [7, 11) is 0. The number of amides is 1. The molecule has 0 aromatic heterocycles. The number of benzene rings is 1. The lowest BCUT2D eigenvalue weighted by atomic mass is 9.87. The Morgan fingerprint density at radius 1 is 1.26 bits per heavy atom. The van der Waals surface area contributed by atoms with Gasteiger partial charge in [0.2, 0.25) is 0 Å². The summed E-state index contributed by atoms with van der Waals surface area (Å²) in [6.07, 6.45) is 3.01. The van der Waals surface area contributed by atoms with Gasteiger partial charge in [0, 0.05) is 12.1 Å². The van der Waals surface area contributed by atoms with Crippen LogP contribution in [0.5, 0.6) is 0 Å². The Hall–Kier alpha value is -1.35. The number of nitrogens with two attached hydrogens (primary N) is 1. The standard InChI is InChI=1S/C16H26N2O/c1-4-13-6-8-14(9-7-13)15(19)18-12-16(2,3)10-5-11-17/h6-9H,4-5,10-12,17H2,1-3H3,(H,18,19). The van der Waals surface area contributed by atoms with Gasteiger partial charge in [-0.3, -0.25) is 4.79 Å². The molecule has 0 aliphatic carbocycles. The number of carbonyl (C=O) groups excluding carboxylic acids is 1. The van der Waals surface area contributed by atoms with Crippen LogP contribution in [0.15, 0.2) is 24.3 Å². The fourth-order valence-corrected chi connectivity index (χ4v) is 1.98. The molecule has 1 aromatic carbocycles. The van der Waals surface area contributed by atoms with Gasteiger partial charge in [-0.15, -0.1) is 0 Å². The van der Waals surface area contributed by atoms with Gasteiger partial charge in [-0.05, 0) is 48.9 Å². The van der Waals surface area contributed by atoms with Gasteiger partial charge < -0.3 is 11.1 Å². The zero-order chi connectivity index (χ0) is 14.3.